The summed E-state index contributed by atoms with van der Waals surface area (Å²) in [5.74, 6) is 0.381. The lowest BCUT2D eigenvalue weighted by Crippen LogP contribution is -2.32. The number of aliphatic hydroxyl groups is 1. The minimum atomic E-state index is -0.272. The summed E-state index contributed by atoms with van der Waals surface area (Å²) < 4.78 is 2.10. The maximum absolute atomic E-state index is 10.1. The molecule has 0 aliphatic rings. The third-order valence-electron chi connectivity index (χ3n) is 4.06. The van der Waals surface area contributed by atoms with Crippen molar-refractivity contribution < 1.29 is 5.11 Å². The summed E-state index contributed by atoms with van der Waals surface area (Å²) in [5, 5.41) is 13.4. The maximum Gasteiger partial charge on any atom is 0.139 e. The van der Waals surface area contributed by atoms with E-state index in [9.17, 15) is 5.11 Å². The molecule has 0 fully saturated rings. The molecule has 2 N–H and O–H groups in total. The molecule has 1 unspecified atom stereocenters. The van der Waals surface area contributed by atoms with Crippen LogP contribution in [0.4, 0.5) is 0 Å². The molecule has 4 heteroatoms. The number of hydrogen-bond acceptors (Lipinski definition) is 3. The van der Waals surface area contributed by atoms with Gasteiger partial charge < -0.3 is 14.8 Å². The van der Waals surface area contributed by atoms with Crippen molar-refractivity contribution in [3.63, 3.8) is 0 Å². The number of aryl methyl sites for hydroxylation is 1. The largest absolute Gasteiger partial charge is 0.392 e. The summed E-state index contributed by atoms with van der Waals surface area (Å²) in [6, 6.07) is 4.10. The van der Waals surface area contributed by atoms with Gasteiger partial charge in [-0.2, -0.15) is 0 Å². The molecule has 0 aromatic carbocycles. The van der Waals surface area contributed by atoms with Crippen LogP contribution in [-0.2, 0) is 6.54 Å². The smallest absolute Gasteiger partial charge is 0.139 e. The van der Waals surface area contributed by atoms with E-state index in [4.69, 9.17) is 0 Å². The molecule has 2 aromatic rings. The minimum absolute atomic E-state index is 0.272. The lowest BCUT2D eigenvalue weighted by molar-refractivity contribution is 0.101. The summed E-state index contributed by atoms with van der Waals surface area (Å²) in [5.41, 5.74) is 3.31. The van der Waals surface area contributed by atoms with E-state index < -0.39 is 0 Å². The molecule has 20 heavy (non-hydrogen) atoms. The predicted molar refractivity (Wildman–Crippen MR) is 81.7 cm³/mol. The van der Waals surface area contributed by atoms with Crippen LogP contribution in [0.5, 0.6) is 0 Å². The normalized spacial score (nSPS) is 13.2. The first kappa shape index (κ1) is 15.0. The van der Waals surface area contributed by atoms with E-state index in [0.717, 1.165) is 30.7 Å². The number of aromatic nitrogens is 2. The van der Waals surface area contributed by atoms with Crippen LogP contribution >= 0.6 is 0 Å². The van der Waals surface area contributed by atoms with Crippen molar-refractivity contribution in [1.82, 2.24) is 14.7 Å². The van der Waals surface area contributed by atoms with Crippen molar-refractivity contribution in [2.24, 2.45) is 5.92 Å². The molecule has 2 heterocycles. The van der Waals surface area contributed by atoms with Gasteiger partial charge in [0.15, 0.2) is 0 Å². The van der Waals surface area contributed by atoms with Gasteiger partial charge in [-0.3, -0.25) is 0 Å². The highest BCUT2D eigenvalue weighted by Crippen LogP contribution is 2.13. The minimum Gasteiger partial charge on any atom is -0.392 e. The van der Waals surface area contributed by atoms with Gasteiger partial charge in [0.2, 0.25) is 0 Å². The van der Waals surface area contributed by atoms with E-state index in [1.54, 1.807) is 0 Å². The third-order valence-corrected chi connectivity index (χ3v) is 4.06. The molecule has 0 bridgehead atoms. The van der Waals surface area contributed by atoms with E-state index >= 15 is 0 Å². The predicted octanol–water partition coefficient (Wildman–Crippen LogP) is 2.53. The second-order valence-corrected chi connectivity index (χ2v) is 5.41. The van der Waals surface area contributed by atoms with Crippen molar-refractivity contribution in [2.75, 3.05) is 6.54 Å². The van der Waals surface area contributed by atoms with Crippen LogP contribution in [-0.4, -0.2) is 27.1 Å². The topological polar surface area (TPSA) is 49.6 Å². The standard InChI is InChI=1S/C16H25N3O/c1-4-13(5-2)15(20)11-17-9-14-10-18-16-12(3)7-6-8-19(14)16/h6-8,10,13,15,17,20H,4-5,9,11H2,1-3H3. The number of hydrogen-bond donors (Lipinski definition) is 2. The molecule has 0 aliphatic carbocycles. The molecular formula is C16H25N3O. The quantitative estimate of drug-likeness (QED) is 0.816. The summed E-state index contributed by atoms with van der Waals surface area (Å²) in [6.07, 6.45) is 5.70. The van der Waals surface area contributed by atoms with Crippen LogP contribution in [0.3, 0.4) is 0 Å². The Morgan fingerprint density at radius 1 is 1.35 bits per heavy atom. The molecule has 4 nitrogen and oxygen atoms in total. The highest BCUT2D eigenvalue weighted by Gasteiger charge is 2.15. The van der Waals surface area contributed by atoms with Gasteiger partial charge in [0, 0.05) is 19.3 Å². The van der Waals surface area contributed by atoms with Gasteiger partial charge in [0.1, 0.15) is 5.65 Å². The lowest BCUT2D eigenvalue weighted by atomic mass is 9.96. The number of rotatable bonds is 7. The number of pyridine rings is 1. The fraction of sp³-hybridized carbons (Fsp3) is 0.562. The molecular weight excluding hydrogens is 250 g/mol. The van der Waals surface area contributed by atoms with Gasteiger partial charge in [-0.05, 0) is 24.5 Å². The molecule has 110 valence electrons. The van der Waals surface area contributed by atoms with E-state index in [-0.39, 0.29) is 6.10 Å². The van der Waals surface area contributed by atoms with Crippen molar-refractivity contribution in [3.8, 4) is 0 Å². The molecule has 0 aliphatic heterocycles. The Labute approximate surface area is 120 Å². The Bertz CT molecular complexity index is 546. The van der Waals surface area contributed by atoms with Crippen LogP contribution in [0.15, 0.2) is 24.5 Å². The van der Waals surface area contributed by atoms with E-state index in [1.165, 1.54) is 5.56 Å². The van der Waals surface area contributed by atoms with Gasteiger partial charge in [-0.15, -0.1) is 0 Å². The van der Waals surface area contributed by atoms with Gasteiger partial charge in [-0.25, -0.2) is 4.98 Å². The molecule has 0 amide bonds. The molecule has 0 saturated carbocycles. The van der Waals surface area contributed by atoms with Gasteiger partial charge in [-0.1, -0.05) is 32.8 Å². The van der Waals surface area contributed by atoms with Crippen molar-refractivity contribution in [3.05, 3.63) is 35.8 Å². The summed E-state index contributed by atoms with van der Waals surface area (Å²) in [4.78, 5) is 4.44. The molecule has 2 aromatic heterocycles. The summed E-state index contributed by atoms with van der Waals surface area (Å²) in [7, 11) is 0. The number of fused-ring (bicyclic) bond motifs is 1. The molecule has 0 spiro atoms. The van der Waals surface area contributed by atoms with E-state index in [2.05, 4.69) is 41.5 Å². The number of aliphatic hydroxyl groups excluding tert-OH is 1. The van der Waals surface area contributed by atoms with Crippen LogP contribution in [0, 0.1) is 12.8 Å². The second-order valence-electron chi connectivity index (χ2n) is 5.41. The molecule has 0 saturated heterocycles. The third kappa shape index (κ3) is 3.19. The van der Waals surface area contributed by atoms with Crippen LogP contribution in [0.1, 0.15) is 37.9 Å². The molecule has 2 rings (SSSR count). The Morgan fingerprint density at radius 2 is 2.10 bits per heavy atom. The molecule has 0 radical (unpaired) electrons. The Balaban J connectivity index is 1.95. The van der Waals surface area contributed by atoms with E-state index in [0.29, 0.717) is 12.5 Å². The van der Waals surface area contributed by atoms with Gasteiger partial charge in [0.05, 0.1) is 18.0 Å². The zero-order valence-corrected chi connectivity index (χ0v) is 12.6. The first-order chi connectivity index (χ1) is 9.67. The maximum atomic E-state index is 10.1. The zero-order valence-electron chi connectivity index (χ0n) is 12.6. The van der Waals surface area contributed by atoms with Crippen LogP contribution < -0.4 is 5.32 Å². The first-order valence-corrected chi connectivity index (χ1v) is 7.47. The van der Waals surface area contributed by atoms with Gasteiger partial charge in [0.25, 0.3) is 0 Å². The number of nitrogens with one attached hydrogen (secondary N) is 1. The summed E-state index contributed by atoms with van der Waals surface area (Å²) in [6.45, 7) is 7.68. The highest BCUT2D eigenvalue weighted by atomic mass is 16.3. The Kier molecular flexibility index (Phi) is 5.15. The van der Waals surface area contributed by atoms with Crippen LogP contribution in [0.2, 0.25) is 0 Å². The second kappa shape index (κ2) is 6.86. The van der Waals surface area contributed by atoms with Gasteiger partial charge >= 0.3 is 0 Å². The van der Waals surface area contributed by atoms with Crippen molar-refractivity contribution >= 4 is 5.65 Å². The van der Waals surface area contributed by atoms with E-state index in [1.807, 2.05) is 18.5 Å². The number of imidazole rings is 1. The highest BCUT2D eigenvalue weighted by molar-refractivity contribution is 5.48. The fourth-order valence-electron chi connectivity index (χ4n) is 2.68. The lowest BCUT2D eigenvalue weighted by Gasteiger charge is -2.20. The fourth-order valence-corrected chi connectivity index (χ4v) is 2.68. The first-order valence-electron chi connectivity index (χ1n) is 7.47. The van der Waals surface area contributed by atoms with Crippen LogP contribution in [0.25, 0.3) is 5.65 Å². The SMILES string of the molecule is CCC(CC)C(O)CNCc1cnc2c(C)cccn12. The summed E-state index contributed by atoms with van der Waals surface area (Å²) >= 11 is 0. The average Bonchev–Trinajstić information content (AvgIpc) is 2.85. The van der Waals surface area contributed by atoms with Crippen molar-refractivity contribution in [2.45, 2.75) is 46.3 Å². The Morgan fingerprint density at radius 3 is 2.80 bits per heavy atom. The molecule has 1 atom stereocenters. The van der Waals surface area contributed by atoms with Crippen molar-refractivity contribution in [1.29, 1.82) is 0 Å². The monoisotopic (exact) mass is 275 g/mol. The Hall–Kier alpha value is -1.39. The average molecular weight is 275 g/mol. The zero-order chi connectivity index (χ0) is 14.5. The number of nitrogens with zero attached hydrogens (tertiary/aromatic N) is 2.